The standard InChI is InChI=1S/C17H24ClFN2O2/c1-12-9-15(18)14(16(19)10-12)11-20-13-3-6-21(7-4-13)17(22)5-8-23-2/h9-10,13,20H,3-8,11H2,1-2H3. The topological polar surface area (TPSA) is 41.6 Å². The Morgan fingerprint density at radius 2 is 2.13 bits per heavy atom. The van der Waals surface area contributed by atoms with E-state index in [0.29, 0.717) is 30.2 Å². The van der Waals surface area contributed by atoms with Crippen LogP contribution in [0.3, 0.4) is 0 Å². The Morgan fingerprint density at radius 3 is 2.74 bits per heavy atom. The first-order valence-electron chi connectivity index (χ1n) is 7.96. The maximum absolute atomic E-state index is 14.0. The van der Waals surface area contributed by atoms with E-state index in [-0.39, 0.29) is 17.8 Å². The summed E-state index contributed by atoms with van der Waals surface area (Å²) in [5, 5.41) is 3.81. The number of carbonyl (C=O) groups is 1. The first-order chi connectivity index (χ1) is 11.0. The van der Waals surface area contributed by atoms with Crippen molar-refractivity contribution in [2.24, 2.45) is 0 Å². The third-order valence-electron chi connectivity index (χ3n) is 4.22. The highest BCUT2D eigenvalue weighted by Crippen LogP contribution is 2.22. The number of hydrogen-bond acceptors (Lipinski definition) is 3. The molecule has 1 aliphatic heterocycles. The van der Waals surface area contributed by atoms with E-state index < -0.39 is 0 Å². The number of halogens is 2. The molecule has 1 saturated heterocycles. The predicted octanol–water partition coefficient (Wildman–Crippen LogP) is 2.90. The van der Waals surface area contributed by atoms with Crippen molar-refractivity contribution in [2.45, 2.75) is 38.8 Å². The first-order valence-corrected chi connectivity index (χ1v) is 8.33. The summed E-state index contributed by atoms with van der Waals surface area (Å²) in [6.07, 6.45) is 2.16. The number of hydrogen-bond donors (Lipinski definition) is 1. The molecule has 1 fully saturated rings. The van der Waals surface area contributed by atoms with Gasteiger partial charge in [0.1, 0.15) is 5.82 Å². The third-order valence-corrected chi connectivity index (χ3v) is 4.56. The van der Waals surface area contributed by atoms with Crippen molar-refractivity contribution in [1.29, 1.82) is 0 Å². The van der Waals surface area contributed by atoms with Crippen molar-refractivity contribution in [3.8, 4) is 0 Å². The Labute approximate surface area is 141 Å². The smallest absolute Gasteiger partial charge is 0.224 e. The number of piperidine rings is 1. The summed E-state index contributed by atoms with van der Waals surface area (Å²) < 4.78 is 18.9. The van der Waals surface area contributed by atoms with Gasteiger partial charge >= 0.3 is 0 Å². The largest absolute Gasteiger partial charge is 0.384 e. The lowest BCUT2D eigenvalue weighted by atomic mass is 10.0. The summed E-state index contributed by atoms with van der Waals surface area (Å²) in [6.45, 7) is 4.15. The number of ether oxygens (including phenoxy) is 1. The van der Waals surface area contributed by atoms with Gasteiger partial charge in [0.2, 0.25) is 5.91 Å². The fourth-order valence-electron chi connectivity index (χ4n) is 2.83. The number of nitrogens with one attached hydrogen (secondary N) is 1. The van der Waals surface area contributed by atoms with Gasteiger partial charge in [0.05, 0.1) is 13.0 Å². The number of likely N-dealkylation sites (tertiary alicyclic amines) is 1. The van der Waals surface area contributed by atoms with E-state index in [1.54, 1.807) is 13.2 Å². The zero-order valence-corrected chi connectivity index (χ0v) is 14.5. The second-order valence-electron chi connectivity index (χ2n) is 5.99. The van der Waals surface area contributed by atoms with Crippen molar-refractivity contribution < 1.29 is 13.9 Å². The zero-order valence-electron chi connectivity index (χ0n) is 13.7. The van der Waals surface area contributed by atoms with Crippen LogP contribution in [-0.4, -0.2) is 43.7 Å². The first kappa shape index (κ1) is 18.2. The molecule has 0 aliphatic carbocycles. The van der Waals surface area contributed by atoms with Crippen LogP contribution >= 0.6 is 11.6 Å². The second-order valence-corrected chi connectivity index (χ2v) is 6.39. The lowest BCUT2D eigenvalue weighted by Crippen LogP contribution is -2.45. The van der Waals surface area contributed by atoms with Crippen LogP contribution in [0.25, 0.3) is 0 Å². The lowest BCUT2D eigenvalue weighted by Gasteiger charge is -2.32. The van der Waals surface area contributed by atoms with Crippen LogP contribution in [0.2, 0.25) is 5.02 Å². The molecule has 4 nitrogen and oxygen atoms in total. The number of benzene rings is 1. The molecule has 1 amide bonds. The highest BCUT2D eigenvalue weighted by molar-refractivity contribution is 6.31. The molecule has 0 atom stereocenters. The van der Waals surface area contributed by atoms with Gasteiger partial charge < -0.3 is 15.0 Å². The Morgan fingerprint density at radius 1 is 1.43 bits per heavy atom. The molecular formula is C17H24ClFN2O2. The van der Waals surface area contributed by atoms with Crippen molar-refractivity contribution in [1.82, 2.24) is 10.2 Å². The fourth-order valence-corrected chi connectivity index (χ4v) is 3.15. The molecule has 6 heteroatoms. The molecular weight excluding hydrogens is 319 g/mol. The van der Waals surface area contributed by atoms with E-state index in [9.17, 15) is 9.18 Å². The summed E-state index contributed by atoms with van der Waals surface area (Å²) in [5.41, 5.74) is 1.33. The van der Waals surface area contributed by atoms with Gasteiger partial charge in [-0.05, 0) is 37.5 Å². The molecule has 2 rings (SSSR count). The normalized spacial score (nSPS) is 15.9. The second kappa shape index (κ2) is 8.62. The average molecular weight is 343 g/mol. The summed E-state index contributed by atoms with van der Waals surface area (Å²) >= 11 is 6.12. The Balaban J connectivity index is 1.80. The molecule has 0 bridgehead atoms. The maximum Gasteiger partial charge on any atom is 0.224 e. The molecule has 1 N–H and O–H groups in total. The number of amides is 1. The van der Waals surface area contributed by atoms with Crippen molar-refractivity contribution in [2.75, 3.05) is 26.8 Å². The molecule has 0 saturated carbocycles. The van der Waals surface area contributed by atoms with Gasteiger partial charge in [0.25, 0.3) is 0 Å². The number of rotatable bonds is 6. The van der Waals surface area contributed by atoms with Crippen molar-refractivity contribution >= 4 is 17.5 Å². The predicted molar refractivity (Wildman–Crippen MR) is 89.1 cm³/mol. The van der Waals surface area contributed by atoms with Crippen LogP contribution in [0.15, 0.2) is 12.1 Å². The Hall–Kier alpha value is -1.17. The van der Waals surface area contributed by atoms with Crippen LogP contribution in [0, 0.1) is 12.7 Å². The zero-order chi connectivity index (χ0) is 16.8. The van der Waals surface area contributed by atoms with Crippen LogP contribution < -0.4 is 5.32 Å². The molecule has 0 radical (unpaired) electrons. The molecule has 1 heterocycles. The fraction of sp³-hybridized carbons (Fsp3) is 0.588. The van der Waals surface area contributed by atoms with Crippen molar-refractivity contribution in [3.63, 3.8) is 0 Å². The minimum atomic E-state index is -0.269. The quantitative estimate of drug-likeness (QED) is 0.864. The van der Waals surface area contributed by atoms with E-state index in [0.717, 1.165) is 31.5 Å². The van der Waals surface area contributed by atoms with E-state index >= 15 is 0 Å². The van der Waals surface area contributed by atoms with Crippen LogP contribution in [0.4, 0.5) is 4.39 Å². The van der Waals surface area contributed by atoms with Gasteiger partial charge in [-0.1, -0.05) is 11.6 Å². The highest BCUT2D eigenvalue weighted by atomic mass is 35.5. The highest BCUT2D eigenvalue weighted by Gasteiger charge is 2.22. The average Bonchev–Trinajstić information content (AvgIpc) is 2.52. The molecule has 1 aromatic carbocycles. The number of aryl methyl sites for hydroxylation is 1. The maximum atomic E-state index is 14.0. The SMILES string of the molecule is COCCC(=O)N1CCC(NCc2c(F)cc(C)cc2Cl)CC1. The minimum absolute atomic E-state index is 0.137. The van der Waals surface area contributed by atoms with E-state index in [2.05, 4.69) is 5.32 Å². The van der Waals surface area contributed by atoms with E-state index in [1.165, 1.54) is 6.07 Å². The molecule has 1 aliphatic rings. The molecule has 23 heavy (non-hydrogen) atoms. The van der Waals surface area contributed by atoms with E-state index in [4.69, 9.17) is 16.3 Å². The third kappa shape index (κ3) is 5.16. The van der Waals surface area contributed by atoms with Gasteiger partial charge in [-0.15, -0.1) is 0 Å². The summed E-state index contributed by atoms with van der Waals surface area (Å²) in [4.78, 5) is 13.8. The monoisotopic (exact) mass is 342 g/mol. The summed E-state index contributed by atoms with van der Waals surface area (Å²) in [5.74, 6) is -0.132. The molecule has 1 aromatic rings. The van der Waals surface area contributed by atoms with Crippen molar-refractivity contribution in [3.05, 3.63) is 34.1 Å². The molecule has 0 aromatic heterocycles. The Bertz CT molecular complexity index is 522. The van der Waals surface area contributed by atoms with Gasteiger partial charge in [-0.3, -0.25) is 4.79 Å². The molecule has 0 spiro atoms. The number of nitrogens with zero attached hydrogens (tertiary/aromatic N) is 1. The minimum Gasteiger partial charge on any atom is -0.384 e. The van der Waals surface area contributed by atoms with Crippen LogP contribution in [0.5, 0.6) is 0 Å². The summed E-state index contributed by atoms with van der Waals surface area (Å²) in [6, 6.07) is 3.55. The molecule has 128 valence electrons. The van der Waals surface area contributed by atoms with Crippen LogP contribution in [-0.2, 0) is 16.1 Å². The Kier molecular flexibility index (Phi) is 6.81. The summed E-state index contributed by atoms with van der Waals surface area (Å²) in [7, 11) is 1.60. The van der Waals surface area contributed by atoms with Gasteiger partial charge in [-0.25, -0.2) is 4.39 Å². The number of methoxy groups -OCH3 is 1. The molecule has 0 unspecified atom stereocenters. The van der Waals surface area contributed by atoms with Gasteiger partial charge in [0.15, 0.2) is 0 Å². The lowest BCUT2D eigenvalue weighted by molar-refractivity contribution is -0.133. The van der Waals surface area contributed by atoms with Crippen LogP contribution in [0.1, 0.15) is 30.4 Å². The van der Waals surface area contributed by atoms with E-state index in [1.807, 2.05) is 11.8 Å². The number of carbonyl (C=O) groups excluding carboxylic acids is 1. The van der Waals surface area contributed by atoms with Gasteiger partial charge in [0, 0.05) is 43.4 Å². The van der Waals surface area contributed by atoms with Gasteiger partial charge in [-0.2, -0.15) is 0 Å².